The van der Waals surface area contributed by atoms with Crippen LogP contribution in [0.15, 0.2) is 0 Å². The molecule has 0 aromatic carbocycles. The second kappa shape index (κ2) is 7.75. The lowest BCUT2D eigenvalue weighted by atomic mass is 9.61. The van der Waals surface area contributed by atoms with Gasteiger partial charge in [0.1, 0.15) is 6.17 Å². The van der Waals surface area contributed by atoms with E-state index in [0.29, 0.717) is 17.8 Å². The molecule has 4 aliphatic carbocycles. The highest BCUT2D eigenvalue weighted by molar-refractivity contribution is 5.03. The second-order valence-electron chi connectivity index (χ2n) is 11.1. The van der Waals surface area contributed by atoms with Gasteiger partial charge in [-0.05, 0) is 104 Å². The van der Waals surface area contributed by atoms with Crippen molar-refractivity contribution in [2.75, 3.05) is 0 Å². The molecule has 4 rings (SSSR count). The average Bonchev–Trinajstić information content (AvgIpc) is 3.03. The van der Waals surface area contributed by atoms with Crippen LogP contribution >= 0.6 is 0 Å². The Balaban J connectivity index is 1.44. The summed E-state index contributed by atoms with van der Waals surface area (Å²) in [7, 11) is 0. The van der Waals surface area contributed by atoms with Crippen molar-refractivity contribution in [2.24, 2.45) is 59.2 Å². The number of hydrogen-bond acceptors (Lipinski definition) is 0. The van der Waals surface area contributed by atoms with Gasteiger partial charge in [-0.15, -0.1) is 0 Å². The van der Waals surface area contributed by atoms with E-state index in [1.807, 2.05) is 0 Å². The predicted octanol–water partition coefficient (Wildman–Crippen LogP) is 7.52. The Morgan fingerprint density at radius 3 is 2.08 bits per heavy atom. The normalized spacial score (nSPS) is 53.0. The van der Waals surface area contributed by atoms with Crippen LogP contribution in [0.5, 0.6) is 0 Å². The van der Waals surface area contributed by atoms with Gasteiger partial charge < -0.3 is 0 Å². The first-order valence-corrected chi connectivity index (χ1v) is 12.1. The van der Waals surface area contributed by atoms with Gasteiger partial charge in [-0.25, -0.2) is 4.39 Å². The van der Waals surface area contributed by atoms with Gasteiger partial charge >= 0.3 is 0 Å². The molecule has 0 bridgehead atoms. The molecule has 4 saturated carbocycles. The highest BCUT2D eigenvalue weighted by atomic mass is 19.1. The summed E-state index contributed by atoms with van der Waals surface area (Å²) in [6, 6.07) is 0. The molecule has 0 amide bonds. The Kier molecular flexibility index (Phi) is 5.74. The van der Waals surface area contributed by atoms with E-state index in [1.54, 1.807) is 0 Å². The molecule has 4 fully saturated rings. The molecule has 0 aromatic rings. The van der Waals surface area contributed by atoms with Gasteiger partial charge in [0.05, 0.1) is 0 Å². The van der Waals surface area contributed by atoms with Crippen molar-refractivity contribution in [1.29, 1.82) is 0 Å². The first-order valence-electron chi connectivity index (χ1n) is 12.1. The molecular formula is C25H43F. The summed E-state index contributed by atoms with van der Waals surface area (Å²) in [5, 5.41) is 0. The molecule has 150 valence electrons. The molecule has 9 atom stereocenters. The molecule has 26 heavy (non-hydrogen) atoms. The van der Waals surface area contributed by atoms with Gasteiger partial charge in [-0.1, -0.05) is 47.0 Å². The van der Waals surface area contributed by atoms with Gasteiger partial charge in [-0.2, -0.15) is 0 Å². The minimum Gasteiger partial charge on any atom is -0.247 e. The molecule has 1 heteroatoms. The highest BCUT2D eigenvalue weighted by Gasteiger charge is 2.55. The molecule has 0 spiro atoms. The van der Waals surface area contributed by atoms with Crippen LogP contribution in [0.4, 0.5) is 4.39 Å². The molecule has 0 nitrogen and oxygen atoms in total. The van der Waals surface area contributed by atoms with Gasteiger partial charge in [0.15, 0.2) is 0 Å². The zero-order valence-electron chi connectivity index (χ0n) is 17.8. The van der Waals surface area contributed by atoms with Gasteiger partial charge in [0.2, 0.25) is 0 Å². The molecule has 0 N–H and O–H groups in total. The summed E-state index contributed by atoms with van der Waals surface area (Å²) in [6.45, 7) is 9.72. The fourth-order valence-electron chi connectivity index (χ4n) is 8.27. The van der Waals surface area contributed by atoms with Gasteiger partial charge in [0.25, 0.3) is 0 Å². The Labute approximate surface area is 162 Å². The van der Waals surface area contributed by atoms with E-state index in [9.17, 15) is 0 Å². The molecular weight excluding hydrogens is 319 g/mol. The molecule has 0 heterocycles. The van der Waals surface area contributed by atoms with Crippen LogP contribution in [0.25, 0.3) is 0 Å². The van der Waals surface area contributed by atoms with Crippen LogP contribution < -0.4 is 0 Å². The SMILES string of the molecule is CCC(C)C1CCC2C(CC3C(F)C(C4CCC(C)CC4)CCC32)C1C. The van der Waals surface area contributed by atoms with E-state index in [2.05, 4.69) is 27.7 Å². The van der Waals surface area contributed by atoms with Crippen molar-refractivity contribution in [1.82, 2.24) is 0 Å². The quantitative estimate of drug-likeness (QED) is 0.487. The third-order valence-corrected chi connectivity index (χ3v) is 10.1. The maximum atomic E-state index is 15.8. The average molecular weight is 363 g/mol. The number of halogens is 1. The van der Waals surface area contributed by atoms with E-state index in [0.717, 1.165) is 41.4 Å². The lowest BCUT2D eigenvalue weighted by Crippen LogP contribution is -2.40. The van der Waals surface area contributed by atoms with Crippen LogP contribution in [-0.4, -0.2) is 6.17 Å². The molecule has 0 aromatic heterocycles. The Morgan fingerprint density at radius 1 is 0.769 bits per heavy atom. The fourth-order valence-corrected chi connectivity index (χ4v) is 8.27. The third-order valence-electron chi connectivity index (χ3n) is 10.1. The molecule has 4 aliphatic rings. The minimum absolute atomic E-state index is 0.407. The summed E-state index contributed by atoms with van der Waals surface area (Å²) >= 11 is 0. The molecule has 0 saturated heterocycles. The maximum absolute atomic E-state index is 15.8. The van der Waals surface area contributed by atoms with Crippen LogP contribution in [0.1, 0.15) is 91.9 Å². The topological polar surface area (TPSA) is 0 Å². The summed E-state index contributed by atoms with van der Waals surface area (Å²) in [5.41, 5.74) is 0. The van der Waals surface area contributed by atoms with Crippen LogP contribution in [-0.2, 0) is 0 Å². The van der Waals surface area contributed by atoms with Crippen molar-refractivity contribution in [3.05, 3.63) is 0 Å². The summed E-state index contributed by atoms with van der Waals surface area (Å²) in [4.78, 5) is 0. The number of rotatable bonds is 3. The zero-order chi connectivity index (χ0) is 18.4. The van der Waals surface area contributed by atoms with E-state index in [4.69, 9.17) is 0 Å². The van der Waals surface area contributed by atoms with Crippen molar-refractivity contribution in [2.45, 2.75) is 98.1 Å². The number of fused-ring (bicyclic) bond motifs is 3. The number of hydrogen-bond donors (Lipinski definition) is 0. The highest BCUT2D eigenvalue weighted by Crippen LogP contribution is 2.60. The lowest BCUT2D eigenvalue weighted by molar-refractivity contribution is 0.00722. The first-order chi connectivity index (χ1) is 12.5. The van der Waals surface area contributed by atoms with E-state index in [1.165, 1.54) is 64.2 Å². The molecule has 0 radical (unpaired) electrons. The molecule has 0 aliphatic heterocycles. The maximum Gasteiger partial charge on any atom is 0.106 e. The largest absolute Gasteiger partial charge is 0.247 e. The Hall–Kier alpha value is -0.0700. The summed E-state index contributed by atoms with van der Waals surface area (Å²) in [6.07, 6.45) is 12.8. The van der Waals surface area contributed by atoms with Crippen LogP contribution in [0.3, 0.4) is 0 Å². The smallest absolute Gasteiger partial charge is 0.106 e. The van der Waals surface area contributed by atoms with Gasteiger partial charge in [-0.3, -0.25) is 0 Å². The monoisotopic (exact) mass is 362 g/mol. The van der Waals surface area contributed by atoms with Gasteiger partial charge in [0, 0.05) is 0 Å². The lowest BCUT2D eigenvalue weighted by Gasteiger charge is -2.44. The van der Waals surface area contributed by atoms with E-state index < -0.39 is 6.17 Å². The standard InChI is InChI=1S/C25H43F/c1-5-16(3)19-10-12-21-22-13-11-20(18-8-6-15(2)7-9-18)25(26)24(22)14-23(21)17(19)4/h15-25H,5-14H2,1-4H3. The van der Waals surface area contributed by atoms with Crippen molar-refractivity contribution in [3.8, 4) is 0 Å². The summed E-state index contributed by atoms with van der Waals surface area (Å²) in [5.74, 6) is 7.42. The van der Waals surface area contributed by atoms with E-state index in [-0.39, 0.29) is 0 Å². The van der Waals surface area contributed by atoms with Crippen LogP contribution in [0, 0.1) is 59.2 Å². The Bertz CT molecular complexity index is 465. The van der Waals surface area contributed by atoms with Crippen molar-refractivity contribution in [3.63, 3.8) is 0 Å². The van der Waals surface area contributed by atoms with Crippen molar-refractivity contribution < 1.29 is 4.39 Å². The Morgan fingerprint density at radius 2 is 1.38 bits per heavy atom. The van der Waals surface area contributed by atoms with Crippen molar-refractivity contribution >= 4 is 0 Å². The third kappa shape index (κ3) is 3.28. The second-order valence-corrected chi connectivity index (χ2v) is 11.1. The predicted molar refractivity (Wildman–Crippen MR) is 109 cm³/mol. The van der Waals surface area contributed by atoms with E-state index >= 15 is 4.39 Å². The fraction of sp³-hybridized carbons (Fsp3) is 1.00. The molecule has 9 unspecified atom stereocenters. The van der Waals surface area contributed by atoms with Crippen LogP contribution in [0.2, 0.25) is 0 Å². The summed E-state index contributed by atoms with van der Waals surface area (Å²) < 4.78 is 15.8. The minimum atomic E-state index is -0.480. The zero-order valence-corrected chi connectivity index (χ0v) is 17.8. The number of alkyl halides is 1. The first kappa shape index (κ1) is 19.3.